The molecule has 1 saturated heterocycles. The maximum absolute atomic E-state index is 15.1. The van der Waals surface area contributed by atoms with Crippen LogP contribution >= 0.6 is 0 Å². The van der Waals surface area contributed by atoms with Gasteiger partial charge in [-0.2, -0.15) is 17.6 Å². The number of fused-ring (bicyclic) bond motifs is 4. The number of piperazine rings is 1. The van der Waals surface area contributed by atoms with Crippen LogP contribution in [0.5, 0.6) is 0 Å². The summed E-state index contributed by atoms with van der Waals surface area (Å²) in [6.07, 6.45) is -3.93. The van der Waals surface area contributed by atoms with Gasteiger partial charge in [-0.15, -0.1) is 0 Å². The number of aromatic amines is 1. The van der Waals surface area contributed by atoms with Crippen molar-refractivity contribution in [2.75, 3.05) is 37.6 Å². The van der Waals surface area contributed by atoms with Crippen molar-refractivity contribution < 1.29 is 22.4 Å². The molecule has 2 aliphatic rings. The van der Waals surface area contributed by atoms with Gasteiger partial charge in [0.2, 0.25) is 5.95 Å². The molecule has 0 unspecified atom stereocenters. The van der Waals surface area contributed by atoms with E-state index in [9.17, 15) is 18.0 Å². The summed E-state index contributed by atoms with van der Waals surface area (Å²) in [5.41, 5.74) is 1.70. The quantitative estimate of drug-likeness (QED) is 0.295. The third-order valence-electron chi connectivity index (χ3n) is 6.76. The second-order valence-electron chi connectivity index (χ2n) is 8.88. The lowest BCUT2D eigenvalue weighted by atomic mass is 9.97. The fraction of sp³-hybridized carbons (Fsp3) is 0.280. The zero-order valence-electron chi connectivity index (χ0n) is 18.5. The maximum atomic E-state index is 15.1. The van der Waals surface area contributed by atoms with Crippen molar-refractivity contribution in [1.82, 2.24) is 20.6 Å². The normalized spacial score (nSPS) is 16.6. The Balaban J connectivity index is 1.50. The van der Waals surface area contributed by atoms with E-state index >= 15 is 4.39 Å². The molecule has 6 nitrogen and oxygen atoms in total. The van der Waals surface area contributed by atoms with Gasteiger partial charge in [-0.25, -0.2) is 4.98 Å². The molecule has 4 heterocycles. The summed E-state index contributed by atoms with van der Waals surface area (Å²) in [4.78, 5) is 20.9. The first-order valence-electron chi connectivity index (χ1n) is 11.4. The van der Waals surface area contributed by atoms with Crippen LogP contribution in [0.25, 0.3) is 33.1 Å². The highest BCUT2D eigenvalue weighted by molar-refractivity contribution is 6.10. The van der Waals surface area contributed by atoms with E-state index in [1.807, 2.05) is 6.07 Å². The Hall–Kier alpha value is -3.66. The minimum atomic E-state index is -4.59. The summed E-state index contributed by atoms with van der Waals surface area (Å²) in [6.45, 7) is 2.64. The highest BCUT2D eigenvalue weighted by Crippen LogP contribution is 2.40. The van der Waals surface area contributed by atoms with E-state index in [1.54, 1.807) is 11.0 Å². The molecule has 0 bridgehead atoms. The molecule has 35 heavy (non-hydrogen) atoms. The van der Waals surface area contributed by atoms with Crippen LogP contribution in [0.3, 0.4) is 0 Å². The number of benzene rings is 2. The number of H-pyrrole nitrogens is 1. The molecule has 0 atom stereocenters. The van der Waals surface area contributed by atoms with Gasteiger partial charge < -0.3 is 20.5 Å². The van der Waals surface area contributed by atoms with Gasteiger partial charge in [0.25, 0.3) is 5.91 Å². The number of nitrogens with one attached hydrogen (secondary N) is 3. The number of amides is 1. The van der Waals surface area contributed by atoms with Gasteiger partial charge in [0.15, 0.2) is 0 Å². The molecule has 6 rings (SSSR count). The van der Waals surface area contributed by atoms with Gasteiger partial charge in [-0.05, 0) is 47.9 Å². The summed E-state index contributed by atoms with van der Waals surface area (Å²) in [7, 11) is 0. The first-order chi connectivity index (χ1) is 16.8. The van der Waals surface area contributed by atoms with Gasteiger partial charge in [0.05, 0.1) is 5.56 Å². The molecule has 1 amide bonds. The monoisotopic (exact) mass is 483 g/mol. The van der Waals surface area contributed by atoms with Crippen molar-refractivity contribution in [3.8, 4) is 11.1 Å². The van der Waals surface area contributed by atoms with Crippen LogP contribution in [-0.4, -0.2) is 48.6 Å². The van der Waals surface area contributed by atoms with Crippen molar-refractivity contribution in [2.45, 2.75) is 12.6 Å². The number of alkyl halides is 3. The van der Waals surface area contributed by atoms with Gasteiger partial charge in [-0.3, -0.25) is 4.79 Å². The van der Waals surface area contributed by atoms with Crippen LogP contribution < -0.4 is 15.5 Å². The molecule has 180 valence electrons. The fourth-order valence-corrected chi connectivity index (χ4v) is 5.03. The number of hydrogen-bond donors (Lipinski definition) is 3. The summed E-state index contributed by atoms with van der Waals surface area (Å²) in [5.74, 6) is -1.04. The van der Waals surface area contributed by atoms with Crippen molar-refractivity contribution >= 4 is 33.5 Å². The molecule has 0 aliphatic carbocycles. The minimum absolute atomic E-state index is 0.00813. The van der Waals surface area contributed by atoms with E-state index in [-0.39, 0.29) is 28.4 Å². The van der Waals surface area contributed by atoms with E-state index in [2.05, 4.69) is 20.6 Å². The molecule has 1 fully saturated rings. The van der Waals surface area contributed by atoms with Gasteiger partial charge in [0.1, 0.15) is 5.65 Å². The molecule has 10 heteroatoms. The molecule has 2 aromatic carbocycles. The Bertz CT molecular complexity index is 1490. The van der Waals surface area contributed by atoms with Crippen molar-refractivity contribution in [3.05, 3.63) is 59.0 Å². The molecular formula is C25H21F4N5O. The van der Waals surface area contributed by atoms with Gasteiger partial charge in [0, 0.05) is 65.8 Å². The third-order valence-corrected chi connectivity index (χ3v) is 6.76. The van der Waals surface area contributed by atoms with Crippen molar-refractivity contribution in [3.63, 3.8) is 0 Å². The van der Waals surface area contributed by atoms with E-state index in [0.29, 0.717) is 55.6 Å². The van der Waals surface area contributed by atoms with Crippen LogP contribution in [0.2, 0.25) is 0 Å². The van der Waals surface area contributed by atoms with Crippen molar-refractivity contribution in [1.29, 1.82) is 0 Å². The summed E-state index contributed by atoms with van der Waals surface area (Å²) in [5, 5.41) is 7.26. The number of pyridine rings is 1. The predicted octanol–water partition coefficient (Wildman–Crippen LogP) is 4.24. The van der Waals surface area contributed by atoms with E-state index < -0.39 is 17.7 Å². The Morgan fingerprint density at radius 1 is 0.943 bits per heavy atom. The third kappa shape index (κ3) is 3.68. The Morgan fingerprint density at radius 3 is 2.51 bits per heavy atom. The Labute approximate surface area is 197 Å². The summed E-state index contributed by atoms with van der Waals surface area (Å²) < 4.78 is 57.1. The fourth-order valence-electron chi connectivity index (χ4n) is 5.03. The number of halogens is 4. The first-order valence-corrected chi connectivity index (χ1v) is 11.4. The topological polar surface area (TPSA) is 73.0 Å². The number of aromatic nitrogens is 2. The van der Waals surface area contributed by atoms with E-state index in [1.165, 1.54) is 18.2 Å². The smallest absolute Gasteiger partial charge is 0.368 e. The van der Waals surface area contributed by atoms with Crippen LogP contribution in [0.1, 0.15) is 21.5 Å². The maximum Gasteiger partial charge on any atom is 0.418 e. The highest BCUT2D eigenvalue weighted by Gasteiger charge is 2.36. The number of hydrogen-bond acceptors (Lipinski definition) is 4. The number of carbonyl (C=O) groups excluding carboxylic acids is 1. The lowest BCUT2D eigenvalue weighted by Crippen LogP contribution is -2.44. The van der Waals surface area contributed by atoms with Crippen LogP contribution in [0.15, 0.2) is 36.4 Å². The van der Waals surface area contributed by atoms with Crippen LogP contribution in [-0.2, 0) is 12.6 Å². The lowest BCUT2D eigenvalue weighted by molar-refractivity contribution is -0.137. The predicted molar refractivity (Wildman–Crippen MR) is 125 cm³/mol. The molecule has 0 radical (unpaired) electrons. The standard InChI is InChI=1S/C25H21F4N5O/c26-22-15(13-1-2-21(19(10-13)25(27,28)29)34-7-5-30-6-8-34)11-18-17-9-14-3-4-31-24(35)16(14)12-20(17)32-23(18)33-22/h1-2,9-12,30H,3-8H2,(H,31,35)(H,32,33). The number of anilines is 1. The van der Waals surface area contributed by atoms with E-state index in [4.69, 9.17) is 0 Å². The molecular weight excluding hydrogens is 462 g/mol. The Morgan fingerprint density at radius 2 is 1.74 bits per heavy atom. The zero-order valence-corrected chi connectivity index (χ0v) is 18.5. The van der Waals surface area contributed by atoms with Gasteiger partial charge in [-0.1, -0.05) is 6.07 Å². The molecule has 3 N–H and O–H groups in total. The van der Waals surface area contributed by atoms with Crippen molar-refractivity contribution in [2.24, 2.45) is 0 Å². The average molecular weight is 483 g/mol. The molecule has 4 aromatic rings. The minimum Gasteiger partial charge on any atom is -0.368 e. The van der Waals surface area contributed by atoms with Crippen LogP contribution in [0, 0.1) is 5.95 Å². The second kappa shape index (κ2) is 7.94. The number of nitrogens with zero attached hydrogens (tertiary/aromatic N) is 2. The molecule has 2 aromatic heterocycles. The molecule has 2 aliphatic heterocycles. The lowest BCUT2D eigenvalue weighted by Gasteiger charge is -2.31. The van der Waals surface area contributed by atoms with E-state index in [0.717, 1.165) is 17.0 Å². The highest BCUT2D eigenvalue weighted by atomic mass is 19.4. The first kappa shape index (κ1) is 21.8. The summed E-state index contributed by atoms with van der Waals surface area (Å²) >= 11 is 0. The zero-order chi connectivity index (χ0) is 24.3. The van der Waals surface area contributed by atoms with Crippen LogP contribution in [0.4, 0.5) is 23.2 Å². The average Bonchev–Trinajstić information content (AvgIpc) is 3.18. The Kier molecular flexibility index (Phi) is 4.96. The summed E-state index contributed by atoms with van der Waals surface area (Å²) in [6, 6.07) is 9.05. The number of rotatable bonds is 2. The largest absolute Gasteiger partial charge is 0.418 e. The SMILES string of the molecule is O=C1NCCc2cc3c(cc21)[nH]c1nc(F)c(-c2ccc(N4CCNCC4)c(C(F)(F)F)c2)cc13. The second-order valence-corrected chi connectivity index (χ2v) is 8.88. The van der Waals surface area contributed by atoms with Gasteiger partial charge >= 0.3 is 6.18 Å². The molecule has 0 saturated carbocycles. The number of carbonyl (C=O) groups is 1. The molecule has 0 spiro atoms.